The molecule has 8 nitrogen and oxygen atoms in total. The van der Waals surface area contributed by atoms with Gasteiger partial charge >= 0.3 is 0 Å². The Morgan fingerprint density at radius 3 is 2.13 bits per heavy atom. The quantitative estimate of drug-likeness (QED) is 0.334. The number of aryl methyl sites for hydroxylation is 1. The summed E-state index contributed by atoms with van der Waals surface area (Å²) in [6, 6.07) is 14.5. The van der Waals surface area contributed by atoms with Crippen molar-refractivity contribution < 1.29 is 22.7 Å². The molecular formula is C27H28Cl3N3O5S. The minimum atomic E-state index is -4.24. The van der Waals surface area contributed by atoms with Crippen LogP contribution in [0.25, 0.3) is 0 Å². The molecule has 0 aromatic heterocycles. The Morgan fingerprint density at radius 1 is 0.974 bits per heavy atom. The first kappa shape index (κ1) is 30.6. The molecule has 3 rings (SSSR count). The van der Waals surface area contributed by atoms with Gasteiger partial charge in [-0.1, -0.05) is 58.6 Å². The second kappa shape index (κ2) is 12.9. The molecule has 0 aliphatic carbocycles. The second-order valence-electron chi connectivity index (χ2n) is 8.66. The average molecular weight is 613 g/mol. The largest absolute Gasteiger partial charge is 0.495 e. The summed E-state index contributed by atoms with van der Waals surface area (Å²) < 4.78 is 33.9. The van der Waals surface area contributed by atoms with Gasteiger partial charge in [0.05, 0.1) is 22.7 Å². The fourth-order valence-corrected chi connectivity index (χ4v) is 6.00. The Bertz CT molecular complexity index is 1450. The van der Waals surface area contributed by atoms with Crippen LogP contribution in [0.3, 0.4) is 0 Å². The Balaban J connectivity index is 2.10. The SMILES string of the molecule is CNC(=O)C(C)N(Cc1c(Cl)cccc1Cl)C(=O)CN(c1ccc(OC)c(Cl)c1)S(=O)(=O)c1ccc(C)cc1. The van der Waals surface area contributed by atoms with Crippen molar-refractivity contribution in [3.05, 3.63) is 86.9 Å². The van der Waals surface area contributed by atoms with E-state index in [4.69, 9.17) is 39.5 Å². The molecule has 0 aliphatic rings. The maximum atomic E-state index is 13.9. The van der Waals surface area contributed by atoms with E-state index in [0.717, 1.165) is 9.87 Å². The van der Waals surface area contributed by atoms with Crippen molar-refractivity contribution in [2.75, 3.05) is 25.0 Å². The smallest absolute Gasteiger partial charge is 0.264 e. The van der Waals surface area contributed by atoms with Crippen LogP contribution in [0.5, 0.6) is 5.75 Å². The van der Waals surface area contributed by atoms with E-state index in [1.54, 1.807) is 30.3 Å². The van der Waals surface area contributed by atoms with Gasteiger partial charge in [-0.25, -0.2) is 8.42 Å². The summed E-state index contributed by atoms with van der Waals surface area (Å²) >= 11 is 19.0. The molecule has 2 amide bonds. The van der Waals surface area contributed by atoms with Crippen molar-refractivity contribution >= 4 is 62.3 Å². The van der Waals surface area contributed by atoms with E-state index < -0.39 is 34.4 Å². The molecule has 39 heavy (non-hydrogen) atoms. The van der Waals surface area contributed by atoms with Gasteiger partial charge in [-0.05, 0) is 56.3 Å². The van der Waals surface area contributed by atoms with Crippen LogP contribution >= 0.6 is 34.8 Å². The summed E-state index contributed by atoms with van der Waals surface area (Å²) in [5.74, 6) is -0.778. The van der Waals surface area contributed by atoms with Crippen LogP contribution in [0, 0.1) is 6.92 Å². The van der Waals surface area contributed by atoms with E-state index in [9.17, 15) is 18.0 Å². The molecule has 0 fully saturated rings. The van der Waals surface area contributed by atoms with Gasteiger partial charge in [0.25, 0.3) is 10.0 Å². The number of rotatable bonds is 10. The summed E-state index contributed by atoms with van der Waals surface area (Å²) in [6.45, 7) is 2.60. The normalized spacial score (nSPS) is 12.0. The molecule has 0 spiro atoms. The highest BCUT2D eigenvalue weighted by Gasteiger charge is 2.33. The lowest BCUT2D eigenvalue weighted by atomic mass is 10.1. The fraction of sp³-hybridized carbons (Fsp3) is 0.259. The lowest BCUT2D eigenvalue weighted by molar-refractivity contribution is -0.139. The standard InChI is InChI=1S/C27H28Cl3N3O5S/c1-17-8-11-20(12-9-17)39(36,37)33(19-10-13-25(38-4)24(30)14-19)16-26(34)32(18(2)27(35)31-3)15-21-22(28)6-5-7-23(21)29/h5-14,18H,15-16H2,1-4H3,(H,31,35). The van der Waals surface area contributed by atoms with E-state index in [-0.39, 0.29) is 22.2 Å². The zero-order chi connectivity index (χ0) is 28.9. The molecule has 3 aromatic carbocycles. The van der Waals surface area contributed by atoms with Crippen LogP contribution in [-0.2, 0) is 26.2 Å². The maximum absolute atomic E-state index is 13.9. The lowest BCUT2D eigenvalue weighted by Gasteiger charge is -2.32. The summed E-state index contributed by atoms with van der Waals surface area (Å²) in [4.78, 5) is 27.7. The maximum Gasteiger partial charge on any atom is 0.264 e. The Hall–Kier alpha value is -2.98. The molecular weight excluding hydrogens is 585 g/mol. The number of amides is 2. The van der Waals surface area contributed by atoms with Gasteiger partial charge in [-0.3, -0.25) is 13.9 Å². The van der Waals surface area contributed by atoms with Crippen molar-refractivity contribution in [1.82, 2.24) is 10.2 Å². The van der Waals surface area contributed by atoms with E-state index >= 15 is 0 Å². The highest BCUT2D eigenvalue weighted by molar-refractivity contribution is 7.92. The minimum Gasteiger partial charge on any atom is -0.495 e. The van der Waals surface area contributed by atoms with Gasteiger partial charge in [0.2, 0.25) is 11.8 Å². The highest BCUT2D eigenvalue weighted by Crippen LogP contribution is 2.33. The first-order valence-electron chi connectivity index (χ1n) is 11.8. The van der Waals surface area contributed by atoms with Gasteiger partial charge < -0.3 is 15.0 Å². The number of methoxy groups -OCH3 is 1. The molecule has 0 radical (unpaired) electrons. The Labute approximate surface area is 243 Å². The monoisotopic (exact) mass is 611 g/mol. The van der Waals surface area contributed by atoms with Crippen LogP contribution in [0.2, 0.25) is 15.1 Å². The van der Waals surface area contributed by atoms with Gasteiger partial charge in [-0.15, -0.1) is 0 Å². The first-order chi connectivity index (χ1) is 18.4. The molecule has 0 saturated heterocycles. The van der Waals surface area contributed by atoms with Gasteiger partial charge in [0, 0.05) is 29.2 Å². The zero-order valence-corrected chi connectivity index (χ0v) is 24.8. The van der Waals surface area contributed by atoms with Gasteiger partial charge in [-0.2, -0.15) is 0 Å². The molecule has 1 unspecified atom stereocenters. The fourth-order valence-electron chi connectivity index (χ4n) is 3.82. The van der Waals surface area contributed by atoms with Gasteiger partial charge in [0.1, 0.15) is 18.3 Å². The number of sulfonamides is 1. The van der Waals surface area contributed by atoms with Crippen molar-refractivity contribution in [2.45, 2.75) is 31.3 Å². The number of benzene rings is 3. The summed E-state index contributed by atoms with van der Waals surface area (Å²) in [7, 11) is -1.37. The number of anilines is 1. The van der Waals surface area contributed by atoms with Gasteiger partial charge in [0.15, 0.2) is 0 Å². The number of hydrogen-bond acceptors (Lipinski definition) is 5. The number of hydrogen-bond donors (Lipinski definition) is 1. The Morgan fingerprint density at radius 2 is 1.59 bits per heavy atom. The molecule has 0 heterocycles. The van der Waals surface area contributed by atoms with Crippen LogP contribution in [0.15, 0.2) is 65.6 Å². The number of carbonyl (C=O) groups is 2. The third-order valence-corrected chi connectivity index (χ3v) is 8.91. The van der Waals surface area contributed by atoms with E-state index in [1.807, 2.05) is 6.92 Å². The molecule has 208 valence electrons. The third-order valence-electron chi connectivity index (χ3n) is 6.12. The van der Waals surface area contributed by atoms with Crippen LogP contribution < -0.4 is 14.4 Å². The topological polar surface area (TPSA) is 96.0 Å². The highest BCUT2D eigenvalue weighted by atomic mass is 35.5. The predicted octanol–water partition coefficient (Wildman–Crippen LogP) is 5.32. The average Bonchev–Trinajstić information content (AvgIpc) is 2.90. The molecule has 0 bridgehead atoms. The minimum absolute atomic E-state index is 0.0205. The zero-order valence-electron chi connectivity index (χ0n) is 21.7. The van der Waals surface area contributed by atoms with Crippen LogP contribution in [0.1, 0.15) is 18.1 Å². The number of ether oxygens (including phenoxy) is 1. The molecule has 0 saturated carbocycles. The first-order valence-corrected chi connectivity index (χ1v) is 14.3. The van der Waals surface area contributed by atoms with Crippen molar-refractivity contribution in [1.29, 1.82) is 0 Å². The van der Waals surface area contributed by atoms with E-state index in [1.165, 1.54) is 56.3 Å². The third kappa shape index (κ3) is 6.97. The molecule has 12 heteroatoms. The lowest BCUT2D eigenvalue weighted by Crippen LogP contribution is -2.50. The van der Waals surface area contributed by atoms with E-state index in [0.29, 0.717) is 21.4 Å². The predicted molar refractivity (Wildman–Crippen MR) is 154 cm³/mol. The second-order valence-corrected chi connectivity index (χ2v) is 11.7. The molecule has 0 aliphatic heterocycles. The van der Waals surface area contributed by atoms with Crippen molar-refractivity contribution in [2.24, 2.45) is 0 Å². The summed E-state index contributed by atoms with van der Waals surface area (Å²) in [6.07, 6.45) is 0. The summed E-state index contributed by atoms with van der Waals surface area (Å²) in [5.41, 5.74) is 1.43. The number of halogens is 3. The molecule has 1 atom stereocenters. The van der Waals surface area contributed by atoms with Crippen molar-refractivity contribution in [3.8, 4) is 5.75 Å². The number of likely N-dealkylation sites (N-methyl/N-ethyl adjacent to an activating group) is 1. The number of nitrogens with zero attached hydrogens (tertiary/aromatic N) is 2. The van der Waals surface area contributed by atoms with Crippen molar-refractivity contribution in [3.63, 3.8) is 0 Å². The van der Waals surface area contributed by atoms with E-state index in [2.05, 4.69) is 5.32 Å². The van der Waals surface area contributed by atoms with Crippen LogP contribution in [-0.4, -0.2) is 51.9 Å². The summed E-state index contributed by atoms with van der Waals surface area (Å²) in [5, 5.41) is 3.28. The molecule has 1 N–H and O–H groups in total. The number of carbonyl (C=O) groups excluding carboxylic acids is 2. The van der Waals surface area contributed by atoms with Crippen LogP contribution in [0.4, 0.5) is 5.69 Å². The molecule has 3 aromatic rings. The Kier molecular flexibility index (Phi) is 10.1. The number of nitrogens with one attached hydrogen (secondary N) is 1.